The van der Waals surface area contributed by atoms with Gasteiger partial charge in [-0.1, -0.05) is 6.92 Å². The van der Waals surface area contributed by atoms with Crippen LogP contribution >= 0.6 is 0 Å². The number of amides is 2. The number of ether oxygens (including phenoxy) is 1. The van der Waals surface area contributed by atoms with Gasteiger partial charge in [-0.25, -0.2) is 4.79 Å². The largest absolute Gasteiger partial charge is 0.377 e. The molecule has 21 heavy (non-hydrogen) atoms. The third kappa shape index (κ3) is 5.47. The van der Waals surface area contributed by atoms with Crippen molar-refractivity contribution in [2.24, 2.45) is 5.92 Å². The standard InChI is InChI=1S/C16H31N3O2/c1-12-10-19(11-13-6-5-9-21-13)8-7-14(12)17-15(20)18-16(2,3)4/h12-14H,5-11H2,1-4H3,(H2,17,18,20). The second kappa shape index (κ2) is 6.97. The highest BCUT2D eigenvalue weighted by Gasteiger charge is 2.29. The molecule has 2 aliphatic heterocycles. The summed E-state index contributed by atoms with van der Waals surface area (Å²) in [5, 5.41) is 6.10. The Labute approximate surface area is 128 Å². The van der Waals surface area contributed by atoms with E-state index in [0.717, 1.165) is 32.7 Å². The van der Waals surface area contributed by atoms with Gasteiger partial charge in [0.15, 0.2) is 0 Å². The summed E-state index contributed by atoms with van der Waals surface area (Å²) >= 11 is 0. The zero-order valence-corrected chi connectivity index (χ0v) is 13.9. The summed E-state index contributed by atoms with van der Waals surface area (Å²) in [5.41, 5.74) is -0.187. The Balaban J connectivity index is 1.74. The van der Waals surface area contributed by atoms with Gasteiger partial charge in [0.25, 0.3) is 0 Å². The number of rotatable bonds is 3. The summed E-state index contributed by atoms with van der Waals surface area (Å²) < 4.78 is 5.72. The molecule has 0 aromatic rings. The highest BCUT2D eigenvalue weighted by atomic mass is 16.5. The fourth-order valence-electron chi connectivity index (χ4n) is 3.23. The normalized spacial score (nSPS) is 31.1. The van der Waals surface area contributed by atoms with Crippen molar-refractivity contribution in [3.8, 4) is 0 Å². The smallest absolute Gasteiger partial charge is 0.315 e. The average Bonchev–Trinajstić information content (AvgIpc) is 2.83. The van der Waals surface area contributed by atoms with E-state index in [1.807, 2.05) is 20.8 Å². The van der Waals surface area contributed by atoms with Crippen molar-refractivity contribution in [2.75, 3.05) is 26.2 Å². The lowest BCUT2D eigenvalue weighted by atomic mass is 9.93. The predicted octanol–water partition coefficient (Wildman–Crippen LogP) is 1.97. The van der Waals surface area contributed by atoms with Crippen LogP contribution in [0.1, 0.15) is 47.0 Å². The van der Waals surface area contributed by atoms with Crippen molar-refractivity contribution in [1.82, 2.24) is 15.5 Å². The van der Waals surface area contributed by atoms with Gasteiger partial charge in [-0.2, -0.15) is 0 Å². The maximum absolute atomic E-state index is 12.0. The summed E-state index contributed by atoms with van der Waals surface area (Å²) in [4.78, 5) is 14.5. The number of nitrogens with zero attached hydrogens (tertiary/aromatic N) is 1. The highest BCUT2D eigenvalue weighted by Crippen LogP contribution is 2.20. The summed E-state index contributed by atoms with van der Waals surface area (Å²) in [7, 11) is 0. The summed E-state index contributed by atoms with van der Waals surface area (Å²) in [6, 6.07) is 0.222. The molecule has 0 aromatic carbocycles. The van der Waals surface area contributed by atoms with Crippen LogP contribution in [0.15, 0.2) is 0 Å². The second-order valence-corrected chi connectivity index (χ2v) is 7.62. The molecule has 2 saturated heterocycles. The average molecular weight is 297 g/mol. The van der Waals surface area contributed by atoms with Crippen LogP contribution in [0.25, 0.3) is 0 Å². The molecule has 2 aliphatic rings. The van der Waals surface area contributed by atoms with Crippen molar-refractivity contribution >= 4 is 6.03 Å². The quantitative estimate of drug-likeness (QED) is 0.837. The minimum absolute atomic E-state index is 0.0491. The van der Waals surface area contributed by atoms with E-state index in [1.54, 1.807) is 0 Å². The first-order valence-corrected chi connectivity index (χ1v) is 8.26. The van der Waals surface area contributed by atoms with Gasteiger partial charge in [0.05, 0.1) is 6.10 Å². The third-order valence-corrected chi connectivity index (χ3v) is 4.28. The molecule has 0 aliphatic carbocycles. The number of urea groups is 1. The second-order valence-electron chi connectivity index (χ2n) is 7.62. The molecule has 3 atom stereocenters. The van der Waals surface area contributed by atoms with Crippen molar-refractivity contribution in [2.45, 2.75) is 64.6 Å². The van der Waals surface area contributed by atoms with Crippen LogP contribution in [-0.4, -0.2) is 54.9 Å². The Morgan fingerprint density at radius 2 is 2.10 bits per heavy atom. The number of carbonyl (C=O) groups excluding carboxylic acids is 1. The summed E-state index contributed by atoms with van der Waals surface area (Å²) in [6.45, 7) is 12.3. The predicted molar refractivity (Wildman–Crippen MR) is 84.4 cm³/mol. The number of piperidine rings is 1. The maximum Gasteiger partial charge on any atom is 0.315 e. The highest BCUT2D eigenvalue weighted by molar-refractivity contribution is 5.75. The number of carbonyl (C=O) groups is 1. The zero-order valence-electron chi connectivity index (χ0n) is 13.9. The first kappa shape index (κ1) is 16.6. The van der Waals surface area contributed by atoms with Crippen LogP contribution in [-0.2, 0) is 4.74 Å². The van der Waals surface area contributed by atoms with Crippen molar-refractivity contribution < 1.29 is 9.53 Å². The molecule has 0 aromatic heterocycles. The van der Waals surface area contributed by atoms with Crippen molar-refractivity contribution in [1.29, 1.82) is 0 Å². The molecule has 3 unspecified atom stereocenters. The van der Waals surface area contributed by atoms with E-state index >= 15 is 0 Å². The van der Waals surface area contributed by atoms with Gasteiger partial charge in [-0.05, 0) is 46.0 Å². The fourth-order valence-corrected chi connectivity index (χ4v) is 3.23. The first-order chi connectivity index (χ1) is 9.83. The van der Waals surface area contributed by atoms with Gasteiger partial charge in [0.1, 0.15) is 0 Å². The van der Waals surface area contributed by atoms with Gasteiger partial charge in [0, 0.05) is 37.8 Å². The fraction of sp³-hybridized carbons (Fsp3) is 0.938. The zero-order chi connectivity index (χ0) is 15.5. The molecule has 2 amide bonds. The van der Waals surface area contributed by atoms with Crippen LogP contribution in [0.5, 0.6) is 0 Å². The lowest BCUT2D eigenvalue weighted by molar-refractivity contribution is 0.0522. The van der Waals surface area contributed by atoms with Crippen molar-refractivity contribution in [3.05, 3.63) is 0 Å². The van der Waals surface area contributed by atoms with Gasteiger partial charge in [-0.3, -0.25) is 0 Å². The van der Waals surface area contributed by atoms with E-state index in [1.165, 1.54) is 12.8 Å². The number of hydrogen-bond donors (Lipinski definition) is 2. The molecule has 2 N–H and O–H groups in total. The molecule has 5 nitrogen and oxygen atoms in total. The lowest BCUT2D eigenvalue weighted by Gasteiger charge is -2.38. The topological polar surface area (TPSA) is 53.6 Å². The molecule has 0 radical (unpaired) electrons. The maximum atomic E-state index is 12.0. The number of hydrogen-bond acceptors (Lipinski definition) is 3. The molecule has 2 heterocycles. The van der Waals surface area contributed by atoms with Gasteiger partial charge < -0.3 is 20.3 Å². The molecule has 5 heteroatoms. The summed E-state index contributed by atoms with van der Waals surface area (Å²) in [6.07, 6.45) is 3.84. The van der Waals surface area contributed by atoms with E-state index in [9.17, 15) is 4.79 Å². The van der Waals surface area contributed by atoms with Crippen LogP contribution < -0.4 is 10.6 Å². The molecule has 0 spiro atoms. The molecule has 122 valence electrons. The SMILES string of the molecule is CC1CN(CC2CCCO2)CCC1NC(=O)NC(C)(C)C. The Morgan fingerprint density at radius 1 is 1.33 bits per heavy atom. The Morgan fingerprint density at radius 3 is 2.67 bits per heavy atom. The van der Waals surface area contributed by atoms with Crippen LogP contribution in [0.3, 0.4) is 0 Å². The van der Waals surface area contributed by atoms with Gasteiger partial charge >= 0.3 is 6.03 Å². The molecule has 2 fully saturated rings. The lowest BCUT2D eigenvalue weighted by Crippen LogP contribution is -2.55. The third-order valence-electron chi connectivity index (χ3n) is 4.28. The van der Waals surface area contributed by atoms with Gasteiger partial charge in [-0.15, -0.1) is 0 Å². The molecule has 2 rings (SSSR count). The molecule has 0 bridgehead atoms. The first-order valence-electron chi connectivity index (χ1n) is 8.26. The van der Waals surface area contributed by atoms with Gasteiger partial charge in [0.2, 0.25) is 0 Å². The van der Waals surface area contributed by atoms with E-state index in [2.05, 4.69) is 22.5 Å². The molecule has 0 saturated carbocycles. The monoisotopic (exact) mass is 297 g/mol. The van der Waals surface area contributed by atoms with Crippen LogP contribution in [0, 0.1) is 5.92 Å². The Hall–Kier alpha value is -0.810. The van der Waals surface area contributed by atoms with E-state index < -0.39 is 0 Å². The van der Waals surface area contributed by atoms with E-state index in [-0.39, 0.29) is 17.6 Å². The minimum atomic E-state index is -0.187. The number of nitrogens with one attached hydrogen (secondary N) is 2. The Bertz CT molecular complexity index is 348. The molecular weight excluding hydrogens is 266 g/mol. The van der Waals surface area contributed by atoms with E-state index in [0.29, 0.717) is 12.0 Å². The van der Waals surface area contributed by atoms with Crippen LogP contribution in [0.4, 0.5) is 4.79 Å². The number of likely N-dealkylation sites (tertiary alicyclic amines) is 1. The summed E-state index contributed by atoms with van der Waals surface area (Å²) in [5.74, 6) is 0.478. The Kier molecular flexibility index (Phi) is 5.49. The van der Waals surface area contributed by atoms with E-state index in [4.69, 9.17) is 4.74 Å². The van der Waals surface area contributed by atoms with Crippen LogP contribution in [0.2, 0.25) is 0 Å². The molecular formula is C16H31N3O2. The van der Waals surface area contributed by atoms with Crippen molar-refractivity contribution in [3.63, 3.8) is 0 Å². The minimum Gasteiger partial charge on any atom is -0.377 e.